The van der Waals surface area contributed by atoms with Gasteiger partial charge in [0.2, 0.25) is 0 Å². The molecule has 2 aromatic carbocycles. The third-order valence-electron chi connectivity index (χ3n) is 4.52. The number of halogens is 2. The third-order valence-corrected chi connectivity index (χ3v) is 5.18. The van der Waals surface area contributed by atoms with Crippen LogP contribution in [0.15, 0.2) is 66.9 Å². The van der Waals surface area contributed by atoms with Crippen molar-refractivity contribution in [2.45, 2.75) is 32.7 Å². The Kier molecular flexibility index (Phi) is 6.46. The largest absolute Gasteiger partial charge is 0.322 e. The molecule has 0 saturated carbocycles. The quantitative estimate of drug-likeness (QED) is 0.476. The van der Waals surface area contributed by atoms with Gasteiger partial charge in [0.05, 0.1) is 22.9 Å². The summed E-state index contributed by atoms with van der Waals surface area (Å²) >= 11 is 12.6. The molecule has 0 radical (unpaired) electrons. The predicted molar refractivity (Wildman–Crippen MR) is 121 cm³/mol. The standard InChI is InChI=1S/C23H23Cl2N3O/c1-23(2,3)17-9-11-18(12-10-17)27-22(29)16-6-4-7-19(14-16)28(25)15-21-20(24)8-5-13-26-21/h4-14H,15H2,1-3H3,(H,27,29). The van der Waals surface area contributed by atoms with Gasteiger partial charge in [0.15, 0.2) is 0 Å². The smallest absolute Gasteiger partial charge is 0.255 e. The molecule has 0 bridgehead atoms. The fourth-order valence-corrected chi connectivity index (χ4v) is 3.21. The molecule has 4 nitrogen and oxygen atoms in total. The number of hydrogen-bond donors (Lipinski definition) is 1. The second-order valence-corrected chi connectivity index (χ2v) is 8.60. The Labute approximate surface area is 181 Å². The van der Waals surface area contributed by atoms with Gasteiger partial charge in [-0.2, -0.15) is 0 Å². The minimum atomic E-state index is -0.198. The molecule has 0 atom stereocenters. The van der Waals surface area contributed by atoms with Gasteiger partial charge in [-0.15, -0.1) is 0 Å². The summed E-state index contributed by atoms with van der Waals surface area (Å²) in [6.45, 7) is 6.78. The molecular weight excluding hydrogens is 405 g/mol. The number of pyridine rings is 1. The van der Waals surface area contributed by atoms with E-state index in [2.05, 4.69) is 31.1 Å². The molecule has 3 rings (SSSR count). The number of hydrogen-bond acceptors (Lipinski definition) is 3. The molecule has 0 fully saturated rings. The Morgan fingerprint density at radius 1 is 1.07 bits per heavy atom. The van der Waals surface area contributed by atoms with Crippen molar-refractivity contribution in [3.63, 3.8) is 0 Å². The van der Waals surface area contributed by atoms with Gasteiger partial charge in [0, 0.05) is 29.2 Å². The average molecular weight is 428 g/mol. The molecule has 0 aliphatic carbocycles. The molecule has 150 valence electrons. The van der Waals surface area contributed by atoms with Crippen molar-refractivity contribution >= 4 is 40.7 Å². The van der Waals surface area contributed by atoms with Crippen molar-refractivity contribution in [2.75, 3.05) is 9.74 Å². The van der Waals surface area contributed by atoms with Crippen LogP contribution in [0.25, 0.3) is 0 Å². The molecule has 0 unspecified atom stereocenters. The van der Waals surface area contributed by atoms with Crippen LogP contribution in [0, 0.1) is 0 Å². The van der Waals surface area contributed by atoms with Crippen molar-refractivity contribution in [3.8, 4) is 0 Å². The highest BCUT2D eigenvalue weighted by Gasteiger charge is 2.14. The van der Waals surface area contributed by atoms with E-state index in [-0.39, 0.29) is 11.3 Å². The van der Waals surface area contributed by atoms with Gasteiger partial charge in [0.25, 0.3) is 5.91 Å². The molecule has 29 heavy (non-hydrogen) atoms. The van der Waals surface area contributed by atoms with Crippen molar-refractivity contribution in [1.82, 2.24) is 4.98 Å². The highest BCUT2D eigenvalue weighted by atomic mass is 35.5. The highest BCUT2D eigenvalue weighted by Crippen LogP contribution is 2.25. The highest BCUT2D eigenvalue weighted by molar-refractivity contribution is 6.31. The molecular formula is C23H23Cl2N3O. The maximum atomic E-state index is 12.7. The molecule has 1 heterocycles. The first kappa shape index (κ1) is 21.2. The third kappa shape index (κ3) is 5.49. The summed E-state index contributed by atoms with van der Waals surface area (Å²) in [5, 5.41) is 3.47. The van der Waals surface area contributed by atoms with Crippen LogP contribution in [0.4, 0.5) is 11.4 Å². The molecule has 0 saturated heterocycles. The van der Waals surface area contributed by atoms with Gasteiger partial charge in [-0.25, -0.2) is 0 Å². The van der Waals surface area contributed by atoms with Gasteiger partial charge >= 0.3 is 0 Å². The maximum Gasteiger partial charge on any atom is 0.255 e. The van der Waals surface area contributed by atoms with Crippen LogP contribution in [0.1, 0.15) is 42.4 Å². The van der Waals surface area contributed by atoms with Gasteiger partial charge in [0.1, 0.15) is 0 Å². The second-order valence-electron chi connectivity index (χ2n) is 7.78. The van der Waals surface area contributed by atoms with Crippen molar-refractivity contribution in [3.05, 3.63) is 88.7 Å². The summed E-state index contributed by atoms with van der Waals surface area (Å²) in [5.74, 6) is -0.198. The number of amides is 1. The van der Waals surface area contributed by atoms with E-state index >= 15 is 0 Å². The van der Waals surface area contributed by atoms with E-state index in [1.54, 1.807) is 36.5 Å². The minimum Gasteiger partial charge on any atom is -0.322 e. The molecule has 6 heteroatoms. The maximum absolute atomic E-state index is 12.7. The number of aromatic nitrogens is 1. The average Bonchev–Trinajstić information content (AvgIpc) is 2.69. The molecule has 1 aromatic heterocycles. The summed E-state index contributed by atoms with van der Waals surface area (Å²) in [4.78, 5) is 16.9. The Morgan fingerprint density at radius 2 is 1.79 bits per heavy atom. The van der Waals surface area contributed by atoms with Crippen molar-refractivity contribution in [2.24, 2.45) is 0 Å². The molecule has 0 aliphatic heterocycles. The van der Waals surface area contributed by atoms with Gasteiger partial charge < -0.3 is 5.32 Å². The first-order chi connectivity index (χ1) is 13.7. The summed E-state index contributed by atoms with van der Waals surface area (Å²) in [6.07, 6.45) is 1.67. The summed E-state index contributed by atoms with van der Waals surface area (Å²) in [7, 11) is 0. The van der Waals surface area contributed by atoms with Crippen LogP contribution in [0.2, 0.25) is 5.02 Å². The lowest BCUT2D eigenvalue weighted by Crippen LogP contribution is -2.15. The molecule has 1 amide bonds. The zero-order valence-electron chi connectivity index (χ0n) is 16.6. The fraction of sp³-hybridized carbons (Fsp3) is 0.217. The predicted octanol–water partition coefficient (Wildman–Crippen LogP) is 6.45. The molecule has 0 spiro atoms. The van der Waals surface area contributed by atoms with Gasteiger partial charge in [-0.05, 0) is 53.4 Å². The van der Waals surface area contributed by atoms with Crippen LogP contribution >= 0.6 is 23.4 Å². The SMILES string of the molecule is CC(C)(C)c1ccc(NC(=O)c2cccc(N(Cl)Cc3ncccc3Cl)c2)cc1. The number of nitrogens with zero attached hydrogens (tertiary/aromatic N) is 2. The summed E-state index contributed by atoms with van der Waals surface area (Å²) in [5.41, 5.74) is 3.89. The van der Waals surface area contributed by atoms with Crippen molar-refractivity contribution in [1.29, 1.82) is 0 Å². The van der Waals surface area contributed by atoms with E-state index in [0.717, 1.165) is 5.69 Å². The number of carbonyl (C=O) groups excluding carboxylic acids is 1. The van der Waals surface area contributed by atoms with E-state index in [0.29, 0.717) is 28.5 Å². The number of carbonyl (C=O) groups is 1. The van der Waals surface area contributed by atoms with E-state index in [9.17, 15) is 4.79 Å². The van der Waals surface area contributed by atoms with Gasteiger partial charge in [-0.3, -0.25) is 14.2 Å². The minimum absolute atomic E-state index is 0.0667. The van der Waals surface area contributed by atoms with Crippen LogP contribution in [-0.4, -0.2) is 10.9 Å². The Hall–Kier alpha value is -2.56. The first-order valence-electron chi connectivity index (χ1n) is 9.29. The number of anilines is 2. The molecule has 1 N–H and O–H groups in total. The Balaban J connectivity index is 1.71. The number of nitrogens with one attached hydrogen (secondary N) is 1. The lowest BCUT2D eigenvalue weighted by atomic mass is 9.87. The van der Waals surface area contributed by atoms with Crippen LogP contribution in [0.5, 0.6) is 0 Å². The van der Waals surface area contributed by atoms with E-state index < -0.39 is 0 Å². The normalized spacial score (nSPS) is 11.2. The van der Waals surface area contributed by atoms with Gasteiger partial charge in [-0.1, -0.05) is 50.6 Å². The summed E-state index contributed by atoms with van der Waals surface area (Å²) < 4.78 is 1.49. The lowest BCUT2D eigenvalue weighted by molar-refractivity contribution is 0.102. The zero-order chi connectivity index (χ0) is 21.0. The second kappa shape index (κ2) is 8.85. The van der Waals surface area contributed by atoms with E-state index in [4.69, 9.17) is 23.4 Å². The fourth-order valence-electron chi connectivity index (χ4n) is 2.81. The molecule has 0 aliphatic rings. The Morgan fingerprint density at radius 3 is 2.45 bits per heavy atom. The van der Waals surface area contributed by atoms with E-state index in [1.165, 1.54) is 9.98 Å². The monoisotopic (exact) mass is 427 g/mol. The Bertz CT molecular complexity index is 998. The topological polar surface area (TPSA) is 45.2 Å². The van der Waals surface area contributed by atoms with Crippen LogP contribution < -0.4 is 9.74 Å². The molecule has 3 aromatic rings. The van der Waals surface area contributed by atoms with Crippen molar-refractivity contribution < 1.29 is 4.79 Å². The van der Waals surface area contributed by atoms with Crippen LogP contribution in [0.3, 0.4) is 0 Å². The van der Waals surface area contributed by atoms with E-state index in [1.807, 2.05) is 30.3 Å². The first-order valence-corrected chi connectivity index (χ1v) is 10.0. The number of rotatable bonds is 5. The van der Waals surface area contributed by atoms with Crippen LogP contribution in [-0.2, 0) is 12.0 Å². The zero-order valence-corrected chi connectivity index (χ0v) is 18.1. The lowest BCUT2D eigenvalue weighted by Gasteiger charge is -2.19. The number of benzene rings is 2. The summed E-state index contributed by atoms with van der Waals surface area (Å²) in [6, 6.07) is 18.5.